The summed E-state index contributed by atoms with van der Waals surface area (Å²) in [6.07, 6.45) is 0.889. The van der Waals surface area contributed by atoms with Crippen LogP contribution in [-0.4, -0.2) is 5.78 Å². The maximum absolute atomic E-state index is 13.0. The first-order valence-electron chi connectivity index (χ1n) is 4.86. The zero-order valence-corrected chi connectivity index (χ0v) is 8.38. The normalized spacial score (nSPS) is 24.8. The van der Waals surface area contributed by atoms with Gasteiger partial charge in [-0.25, -0.2) is 4.39 Å². The summed E-state index contributed by atoms with van der Waals surface area (Å²) in [4.78, 5) is 11.1. The highest BCUT2D eigenvalue weighted by Gasteiger charge is 2.42. The van der Waals surface area contributed by atoms with Crippen LogP contribution in [0, 0.1) is 18.7 Å². The number of carbonyl (C=O) groups is 1. The van der Waals surface area contributed by atoms with Crippen LogP contribution < -0.4 is 0 Å². The largest absolute Gasteiger partial charge is 0.300 e. The molecule has 1 aliphatic carbocycles. The van der Waals surface area contributed by atoms with Crippen molar-refractivity contribution in [2.24, 2.45) is 5.92 Å². The predicted octanol–water partition coefficient (Wildman–Crippen LogP) is 2.83. The summed E-state index contributed by atoms with van der Waals surface area (Å²) in [7, 11) is 0. The molecule has 1 aromatic carbocycles. The molecule has 14 heavy (non-hydrogen) atoms. The molecule has 1 saturated carbocycles. The van der Waals surface area contributed by atoms with Gasteiger partial charge in [0.2, 0.25) is 0 Å². The predicted molar refractivity (Wildman–Crippen MR) is 52.7 cm³/mol. The highest BCUT2D eigenvalue weighted by atomic mass is 19.1. The molecule has 0 saturated heterocycles. The molecule has 0 aliphatic heterocycles. The van der Waals surface area contributed by atoms with Crippen molar-refractivity contribution in [3.8, 4) is 0 Å². The van der Waals surface area contributed by atoms with E-state index in [9.17, 15) is 9.18 Å². The standard InChI is InChI=1S/C12H13FO/c1-7-3-4-9(13)5-10(7)12-6-11(12)8(2)14/h3-5,11-12H,6H2,1-2H3. The molecule has 1 nitrogen and oxygen atoms in total. The van der Waals surface area contributed by atoms with Crippen LogP contribution in [0.1, 0.15) is 30.4 Å². The van der Waals surface area contributed by atoms with Crippen LogP contribution in [0.4, 0.5) is 4.39 Å². The minimum atomic E-state index is -0.209. The van der Waals surface area contributed by atoms with Gasteiger partial charge in [-0.2, -0.15) is 0 Å². The van der Waals surface area contributed by atoms with Crippen LogP contribution in [0.3, 0.4) is 0 Å². The Morgan fingerprint density at radius 1 is 1.50 bits per heavy atom. The molecule has 0 amide bonds. The fourth-order valence-electron chi connectivity index (χ4n) is 2.00. The smallest absolute Gasteiger partial charge is 0.133 e. The lowest BCUT2D eigenvalue weighted by molar-refractivity contribution is -0.118. The summed E-state index contributed by atoms with van der Waals surface area (Å²) < 4.78 is 13.0. The summed E-state index contributed by atoms with van der Waals surface area (Å²) in [6, 6.07) is 4.80. The van der Waals surface area contributed by atoms with Crippen LogP contribution in [0.15, 0.2) is 18.2 Å². The number of aryl methyl sites for hydroxylation is 1. The molecule has 1 aliphatic rings. The molecule has 0 spiro atoms. The van der Waals surface area contributed by atoms with E-state index >= 15 is 0 Å². The number of rotatable bonds is 2. The van der Waals surface area contributed by atoms with E-state index in [0.717, 1.165) is 17.5 Å². The summed E-state index contributed by atoms with van der Waals surface area (Å²) in [5, 5.41) is 0. The quantitative estimate of drug-likeness (QED) is 0.704. The van der Waals surface area contributed by atoms with E-state index in [2.05, 4.69) is 0 Å². The number of ketones is 1. The summed E-state index contributed by atoms with van der Waals surface area (Å²) in [5.41, 5.74) is 2.09. The fourth-order valence-corrected chi connectivity index (χ4v) is 2.00. The molecule has 2 atom stereocenters. The van der Waals surface area contributed by atoms with Crippen molar-refractivity contribution < 1.29 is 9.18 Å². The van der Waals surface area contributed by atoms with Crippen LogP contribution in [-0.2, 0) is 4.79 Å². The first kappa shape index (κ1) is 9.38. The molecule has 1 fully saturated rings. The van der Waals surface area contributed by atoms with Crippen LogP contribution in [0.25, 0.3) is 0 Å². The molecular weight excluding hydrogens is 179 g/mol. The van der Waals surface area contributed by atoms with Gasteiger partial charge in [0, 0.05) is 5.92 Å². The lowest BCUT2D eigenvalue weighted by Crippen LogP contribution is -1.96. The van der Waals surface area contributed by atoms with Crippen molar-refractivity contribution >= 4 is 5.78 Å². The SMILES string of the molecule is CC(=O)C1CC1c1cc(F)ccc1C. The Kier molecular flexibility index (Phi) is 2.14. The Bertz CT molecular complexity index is 384. The van der Waals surface area contributed by atoms with Crippen molar-refractivity contribution in [2.75, 3.05) is 0 Å². The van der Waals surface area contributed by atoms with Gasteiger partial charge in [-0.15, -0.1) is 0 Å². The Morgan fingerprint density at radius 2 is 2.21 bits per heavy atom. The molecule has 2 rings (SSSR count). The summed E-state index contributed by atoms with van der Waals surface area (Å²) >= 11 is 0. The zero-order chi connectivity index (χ0) is 10.3. The second kappa shape index (κ2) is 3.19. The first-order chi connectivity index (χ1) is 6.59. The second-order valence-corrected chi connectivity index (χ2v) is 4.06. The van der Waals surface area contributed by atoms with Crippen LogP contribution in [0.5, 0.6) is 0 Å². The molecule has 74 valence electrons. The van der Waals surface area contributed by atoms with Crippen LogP contribution in [0.2, 0.25) is 0 Å². The van der Waals surface area contributed by atoms with Crippen LogP contribution >= 0.6 is 0 Å². The first-order valence-corrected chi connectivity index (χ1v) is 4.86. The summed E-state index contributed by atoms with van der Waals surface area (Å²) in [5.74, 6) is 0.414. The number of halogens is 1. The topological polar surface area (TPSA) is 17.1 Å². The highest BCUT2D eigenvalue weighted by molar-refractivity contribution is 5.82. The Balaban J connectivity index is 2.26. The van der Waals surface area contributed by atoms with E-state index in [4.69, 9.17) is 0 Å². The third kappa shape index (κ3) is 1.57. The average molecular weight is 192 g/mol. The van der Waals surface area contributed by atoms with Gasteiger partial charge in [-0.1, -0.05) is 6.07 Å². The minimum Gasteiger partial charge on any atom is -0.300 e. The zero-order valence-electron chi connectivity index (χ0n) is 8.38. The van der Waals surface area contributed by atoms with E-state index in [1.165, 1.54) is 6.07 Å². The number of Topliss-reactive ketones (excluding diaryl/α,β-unsaturated/α-hetero) is 1. The average Bonchev–Trinajstić information content (AvgIpc) is 2.88. The van der Waals surface area contributed by atoms with E-state index in [-0.39, 0.29) is 23.4 Å². The highest BCUT2D eigenvalue weighted by Crippen LogP contribution is 2.48. The molecule has 0 aromatic heterocycles. The Hall–Kier alpha value is -1.18. The third-order valence-corrected chi connectivity index (χ3v) is 2.95. The Labute approximate surface area is 82.9 Å². The van der Waals surface area contributed by atoms with E-state index in [0.29, 0.717) is 0 Å². The Morgan fingerprint density at radius 3 is 2.79 bits per heavy atom. The van der Waals surface area contributed by atoms with E-state index in [1.807, 2.05) is 6.92 Å². The summed E-state index contributed by atoms with van der Waals surface area (Å²) in [6.45, 7) is 3.57. The van der Waals surface area contributed by atoms with Crippen molar-refractivity contribution in [2.45, 2.75) is 26.2 Å². The molecule has 0 radical (unpaired) electrons. The fraction of sp³-hybridized carbons (Fsp3) is 0.417. The number of hydrogen-bond acceptors (Lipinski definition) is 1. The van der Waals surface area contributed by atoms with Crippen molar-refractivity contribution in [1.82, 2.24) is 0 Å². The van der Waals surface area contributed by atoms with Gasteiger partial charge in [-0.3, -0.25) is 4.79 Å². The van der Waals surface area contributed by atoms with Gasteiger partial charge in [0.1, 0.15) is 11.6 Å². The lowest BCUT2D eigenvalue weighted by atomic mass is 10.0. The molecule has 0 bridgehead atoms. The van der Waals surface area contributed by atoms with Crippen molar-refractivity contribution in [1.29, 1.82) is 0 Å². The number of hydrogen-bond donors (Lipinski definition) is 0. The lowest BCUT2D eigenvalue weighted by Gasteiger charge is -2.03. The van der Waals surface area contributed by atoms with E-state index in [1.54, 1.807) is 19.1 Å². The van der Waals surface area contributed by atoms with Gasteiger partial charge in [0.05, 0.1) is 0 Å². The maximum Gasteiger partial charge on any atom is 0.133 e. The van der Waals surface area contributed by atoms with Gasteiger partial charge >= 0.3 is 0 Å². The van der Waals surface area contributed by atoms with Gasteiger partial charge < -0.3 is 0 Å². The minimum absolute atomic E-state index is 0.135. The molecule has 2 heteroatoms. The maximum atomic E-state index is 13.0. The molecular formula is C12H13FO. The number of carbonyl (C=O) groups excluding carboxylic acids is 1. The molecule has 2 unspecified atom stereocenters. The van der Waals surface area contributed by atoms with Gasteiger partial charge in [0.15, 0.2) is 0 Å². The second-order valence-electron chi connectivity index (χ2n) is 4.06. The molecule has 0 heterocycles. The van der Waals surface area contributed by atoms with Crippen molar-refractivity contribution in [3.05, 3.63) is 35.1 Å². The van der Waals surface area contributed by atoms with Gasteiger partial charge in [0.25, 0.3) is 0 Å². The third-order valence-electron chi connectivity index (χ3n) is 2.95. The van der Waals surface area contributed by atoms with Crippen molar-refractivity contribution in [3.63, 3.8) is 0 Å². The van der Waals surface area contributed by atoms with Gasteiger partial charge in [-0.05, 0) is 49.4 Å². The molecule has 1 aromatic rings. The number of benzene rings is 1. The molecule has 0 N–H and O–H groups in total. The van der Waals surface area contributed by atoms with E-state index < -0.39 is 0 Å². The monoisotopic (exact) mass is 192 g/mol.